The number of nitrogens with one attached hydrogen (secondary N) is 1. The van der Waals surface area contributed by atoms with Gasteiger partial charge >= 0.3 is 0 Å². The first kappa shape index (κ1) is 18.7. The summed E-state index contributed by atoms with van der Waals surface area (Å²) in [6, 6.07) is 7.40. The quantitative estimate of drug-likeness (QED) is 0.585. The van der Waals surface area contributed by atoms with Crippen molar-refractivity contribution in [3.63, 3.8) is 0 Å². The molecular formula is C17H16BrFN2O4. The third-order valence-corrected chi connectivity index (χ3v) is 3.75. The average Bonchev–Trinajstić information content (AvgIpc) is 2.62. The third-order valence-electron chi connectivity index (χ3n) is 3.25. The van der Waals surface area contributed by atoms with Gasteiger partial charge in [-0.15, -0.1) is 0 Å². The molecule has 0 atom stereocenters. The molecule has 0 heterocycles. The predicted octanol–water partition coefficient (Wildman–Crippen LogP) is 3.38. The van der Waals surface area contributed by atoms with Crippen molar-refractivity contribution < 1.29 is 23.4 Å². The molecule has 0 fully saturated rings. The summed E-state index contributed by atoms with van der Waals surface area (Å²) < 4.78 is 29.9. The van der Waals surface area contributed by atoms with Crippen LogP contribution in [0, 0.1) is 5.82 Å². The second-order valence-corrected chi connectivity index (χ2v) is 5.69. The number of hydrazone groups is 1. The first-order chi connectivity index (χ1) is 12.0. The van der Waals surface area contributed by atoms with Crippen LogP contribution >= 0.6 is 15.9 Å². The van der Waals surface area contributed by atoms with Gasteiger partial charge in [-0.2, -0.15) is 5.10 Å². The Hall–Kier alpha value is -2.61. The summed E-state index contributed by atoms with van der Waals surface area (Å²) in [4.78, 5) is 12.2. The zero-order valence-corrected chi connectivity index (χ0v) is 15.4. The lowest BCUT2D eigenvalue weighted by atomic mass is 10.1. The zero-order valence-electron chi connectivity index (χ0n) is 13.8. The first-order valence-corrected chi connectivity index (χ1v) is 7.88. The van der Waals surface area contributed by atoms with Gasteiger partial charge < -0.3 is 14.2 Å². The number of nitrogens with zero attached hydrogens (tertiary/aromatic N) is 1. The van der Waals surface area contributed by atoms with Crippen molar-refractivity contribution in [1.29, 1.82) is 0 Å². The van der Waals surface area contributed by atoms with Crippen LogP contribution in [-0.2, 0) is 0 Å². The number of ether oxygens (including phenoxy) is 3. The Balaban J connectivity index is 2.20. The van der Waals surface area contributed by atoms with E-state index in [1.165, 1.54) is 45.7 Å². The monoisotopic (exact) mass is 410 g/mol. The summed E-state index contributed by atoms with van der Waals surface area (Å²) in [6.45, 7) is 0. The Kier molecular flexibility index (Phi) is 6.35. The lowest BCUT2D eigenvalue weighted by molar-refractivity contribution is 0.0954. The molecule has 0 saturated carbocycles. The number of amides is 1. The lowest BCUT2D eigenvalue weighted by Crippen LogP contribution is -2.18. The fourth-order valence-electron chi connectivity index (χ4n) is 2.05. The van der Waals surface area contributed by atoms with Crippen LogP contribution in [0.3, 0.4) is 0 Å². The number of benzene rings is 2. The fourth-order valence-corrected chi connectivity index (χ4v) is 2.43. The Morgan fingerprint density at radius 2 is 1.76 bits per heavy atom. The highest BCUT2D eigenvalue weighted by Crippen LogP contribution is 2.38. The van der Waals surface area contributed by atoms with Gasteiger partial charge in [0.15, 0.2) is 11.5 Å². The number of halogens is 2. The molecule has 1 amide bonds. The van der Waals surface area contributed by atoms with E-state index >= 15 is 0 Å². The Labute approximate surface area is 152 Å². The van der Waals surface area contributed by atoms with E-state index in [9.17, 15) is 9.18 Å². The van der Waals surface area contributed by atoms with Crippen molar-refractivity contribution in [1.82, 2.24) is 5.43 Å². The van der Waals surface area contributed by atoms with Crippen molar-refractivity contribution in [2.75, 3.05) is 21.3 Å². The number of hydrogen-bond acceptors (Lipinski definition) is 5. The largest absolute Gasteiger partial charge is 0.493 e. The molecule has 8 heteroatoms. The average molecular weight is 411 g/mol. The van der Waals surface area contributed by atoms with Crippen LogP contribution < -0.4 is 19.6 Å². The number of rotatable bonds is 6. The normalized spacial score (nSPS) is 10.6. The van der Waals surface area contributed by atoms with Gasteiger partial charge in [0, 0.05) is 15.6 Å². The number of carbonyl (C=O) groups excluding carboxylic acids is 1. The second kappa shape index (κ2) is 8.48. The molecule has 0 unspecified atom stereocenters. The highest BCUT2D eigenvalue weighted by atomic mass is 79.9. The molecule has 0 spiro atoms. The van der Waals surface area contributed by atoms with Gasteiger partial charge in [0.2, 0.25) is 5.75 Å². The molecule has 132 valence electrons. The standard InChI is InChI=1S/C17H16BrFN2O4/c1-23-14-7-10(8-15(24-2)16(14)25-3)17(22)21-20-9-11-6-12(18)4-5-13(11)19/h4-9H,1-3H3,(H,21,22)/b20-9+. The van der Waals surface area contributed by atoms with Crippen molar-refractivity contribution >= 4 is 28.1 Å². The molecule has 0 aliphatic rings. The van der Waals surface area contributed by atoms with Crippen molar-refractivity contribution in [2.45, 2.75) is 0 Å². The predicted molar refractivity (Wildman–Crippen MR) is 95.3 cm³/mol. The maximum atomic E-state index is 13.6. The van der Waals surface area contributed by atoms with E-state index in [0.717, 1.165) is 0 Å². The maximum Gasteiger partial charge on any atom is 0.271 e. The van der Waals surface area contributed by atoms with E-state index < -0.39 is 11.7 Å². The fraction of sp³-hybridized carbons (Fsp3) is 0.176. The van der Waals surface area contributed by atoms with Crippen LogP contribution in [-0.4, -0.2) is 33.5 Å². The van der Waals surface area contributed by atoms with Crippen LogP contribution in [0.15, 0.2) is 39.9 Å². The number of methoxy groups -OCH3 is 3. The van der Waals surface area contributed by atoms with Gasteiger partial charge in [-0.05, 0) is 30.3 Å². The summed E-state index contributed by atoms with van der Waals surface area (Å²) in [5.41, 5.74) is 2.82. The summed E-state index contributed by atoms with van der Waals surface area (Å²) >= 11 is 3.24. The van der Waals surface area contributed by atoms with Gasteiger partial charge in [-0.3, -0.25) is 4.79 Å². The molecule has 0 saturated heterocycles. The molecule has 0 bridgehead atoms. The molecule has 1 N–H and O–H groups in total. The van der Waals surface area contributed by atoms with Crippen LogP contribution in [0.25, 0.3) is 0 Å². The zero-order chi connectivity index (χ0) is 18.4. The number of hydrogen-bond donors (Lipinski definition) is 1. The topological polar surface area (TPSA) is 69.2 Å². The molecule has 0 aromatic heterocycles. The molecule has 6 nitrogen and oxygen atoms in total. The van der Waals surface area contributed by atoms with E-state index in [1.54, 1.807) is 12.1 Å². The van der Waals surface area contributed by atoms with Gasteiger partial charge in [-0.1, -0.05) is 15.9 Å². The molecule has 0 aliphatic carbocycles. The Bertz CT molecular complexity index is 786. The van der Waals surface area contributed by atoms with Crippen LogP contribution in [0.2, 0.25) is 0 Å². The summed E-state index contributed by atoms with van der Waals surface area (Å²) in [5, 5.41) is 3.78. The minimum Gasteiger partial charge on any atom is -0.493 e. The van der Waals surface area contributed by atoms with Crippen molar-refractivity contribution in [3.8, 4) is 17.2 Å². The summed E-state index contributed by atoms with van der Waals surface area (Å²) in [7, 11) is 4.37. The minimum atomic E-state index is -0.508. The van der Waals surface area contributed by atoms with E-state index in [0.29, 0.717) is 21.7 Å². The smallest absolute Gasteiger partial charge is 0.271 e. The van der Waals surface area contributed by atoms with Crippen molar-refractivity contribution in [3.05, 3.63) is 51.7 Å². The van der Waals surface area contributed by atoms with Gasteiger partial charge in [0.1, 0.15) is 5.82 Å². The van der Waals surface area contributed by atoms with Crippen LogP contribution in [0.5, 0.6) is 17.2 Å². The van der Waals surface area contributed by atoms with Gasteiger partial charge in [-0.25, -0.2) is 9.82 Å². The molecule has 0 aliphatic heterocycles. The molecule has 2 aromatic rings. The Morgan fingerprint density at radius 3 is 2.32 bits per heavy atom. The van der Waals surface area contributed by atoms with E-state index in [4.69, 9.17) is 14.2 Å². The van der Waals surface area contributed by atoms with E-state index in [2.05, 4.69) is 26.5 Å². The van der Waals surface area contributed by atoms with Crippen LogP contribution in [0.1, 0.15) is 15.9 Å². The van der Waals surface area contributed by atoms with E-state index in [1.807, 2.05) is 0 Å². The summed E-state index contributed by atoms with van der Waals surface area (Å²) in [5.74, 6) is 0.101. The SMILES string of the molecule is COc1cc(C(=O)N/N=C/c2cc(Br)ccc2F)cc(OC)c1OC. The highest BCUT2D eigenvalue weighted by molar-refractivity contribution is 9.10. The second-order valence-electron chi connectivity index (χ2n) is 4.78. The molecule has 25 heavy (non-hydrogen) atoms. The summed E-state index contributed by atoms with van der Waals surface area (Å²) in [6.07, 6.45) is 1.22. The molecule has 0 radical (unpaired) electrons. The van der Waals surface area contributed by atoms with Crippen molar-refractivity contribution in [2.24, 2.45) is 5.10 Å². The molecule has 2 rings (SSSR count). The maximum absolute atomic E-state index is 13.6. The lowest BCUT2D eigenvalue weighted by Gasteiger charge is -2.13. The molecular weight excluding hydrogens is 395 g/mol. The Morgan fingerprint density at radius 1 is 1.12 bits per heavy atom. The highest BCUT2D eigenvalue weighted by Gasteiger charge is 2.16. The third kappa shape index (κ3) is 4.48. The van der Waals surface area contributed by atoms with Gasteiger partial charge in [0.25, 0.3) is 5.91 Å². The van der Waals surface area contributed by atoms with E-state index in [-0.39, 0.29) is 11.1 Å². The first-order valence-electron chi connectivity index (χ1n) is 7.08. The minimum absolute atomic E-state index is 0.236. The number of carbonyl (C=O) groups is 1. The van der Waals surface area contributed by atoms with Gasteiger partial charge in [0.05, 0.1) is 27.5 Å². The molecule has 2 aromatic carbocycles. The van der Waals surface area contributed by atoms with Crippen LogP contribution in [0.4, 0.5) is 4.39 Å².